The molecule has 0 spiro atoms. The van der Waals surface area contributed by atoms with Crippen LogP contribution in [0.4, 0.5) is 0 Å². The molecule has 0 radical (unpaired) electrons. The van der Waals surface area contributed by atoms with Gasteiger partial charge in [-0.05, 0) is 30.5 Å². The van der Waals surface area contributed by atoms with E-state index in [2.05, 4.69) is 6.92 Å². The molecule has 0 aliphatic rings. The van der Waals surface area contributed by atoms with Crippen molar-refractivity contribution in [3.8, 4) is 5.75 Å². The third-order valence-electron chi connectivity index (χ3n) is 4.68. The Morgan fingerprint density at radius 1 is 0.778 bits per heavy atom. The van der Waals surface area contributed by atoms with E-state index in [1.54, 1.807) is 12.1 Å². The summed E-state index contributed by atoms with van der Waals surface area (Å²) in [5, 5.41) is 0. The van der Waals surface area contributed by atoms with Gasteiger partial charge < -0.3 is 4.74 Å². The third kappa shape index (κ3) is 12.6. The van der Waals surface area contributed by atoms with Gasteiger partial charge >= 0.3 is 5.97 Å². The summed E-state index contributed by atoms with van der Waals surface area (Å²) in [5.74, 6) is -0.494. The highest BCUT2D eigenvalue weighted by Crippen LogP contribution is 2.28. The summed E-state index contributed by atoms with van der Waals surface area (Å²) in [6.07, 6.45) is 17.3. The molecular formula is C22H33Cl3O2. The molecule has 0 atom stereocenters. The van der Waals surface area contributed by atoms with Crippen molar-refractivity contribution in [1.82, 2.24) is 0 Å². The molecule has 27 heavy (non-hydrogen) atoms. The maximum atomic E-state index is 11.5. The van der Waals surface area contributed by atoms with Crippen LogP contribution in [0.15, 0.2) is 24.3 Å². The second kappa shape index (κ2) is 14.5. The second-order valence-corrected chi connectivity index (χ2v) is 9.45. The first kappa shape index (κ1) is 24.6. The number of ether oxygens (including phenoxy) is 1. The monoisotopic (exact) mass is 434 g/mol. The van der Waals surface area contributed by atoms with Crippen LogP contribution in [-0.2, 0) is 11.2 Å². The summed E-state index contributed by atoms with van der Waals surface area (Å²) in [4.78, 5) is 11.5. The molecule has 1 aromatic carbocycles. The summed E-state index contributed by atoms with van der Waals surface area (Å²) >= 11 is 16.5. The molecule has 0 amide bonds. The molecule has 5 heteroatoms. The van der Waals surface area contributed by atoms with E-state index in [1.807, 2.05) is 12.1 Å². The van der Waals surface area contributed by atoms with Crippen molar-refractivity contribution in [3.63, 3.8) is 0 Å². The highest BCUT2D eigenvalue weighted by Gasteiger charge is 2.33. The molecule has 0 N–H and O–H groups in total. The smallest absolute Gasteiger partial charge is 0.363 e. The van der Waals surface area contributed by atoms with Crippen LogP contribution < -0.4 is 4.74 Å². The summed E-state index contributed by atoms with van der Waals surface area (Å²) in [7, 11) is 0. The normalized spacial score (nSPS) is 11.6. The van der Waals surface area contributed by atoms with E-state index < -0.39 is 9.76 Å². The van der Waals surface area contributed by atoms with Gasteiger partial charge in [0.15, 0.2) is 0 Å². The summed E-state index contributed by atoms with van der Waals surface area (Å²) in [6, 6.07) is 7.40. The van der Waals surface area contributed by atoms with Crippen LogP contribution in [0.2, 0.25) is 0 Å². The number of carbonyl (C=O) groups excluding carboxylic acids is 1. The number of benzene rings is 1. The third-order valence-corrected chi connectivity index (χ3v) is 5.15. The van der Waals surface area contributed by atoms with Crippen LogP contribution in [0.25, 0.3) is 0 Å². The van der Waals surface area contributed by atoms with Gasteiger partial charge in [-0.1, -0.05) is 124 Å². The van der Waals surface area contributed by atoms with Gasteiger partial charge in [-0.15, -0.1) is 0 Å². The van der Waals surface area contributed by atoms with Crippen LogP contribution in [0.3, 0.4) is 0 Å². The lowest BCUT2D eigenvalue weighted by Gasteiger charge is -2.10. The van der Waals surface area contributed by atoms with Crippen molar-refractivity contribution in [2.24, 2.45) is 0 Å². The Morgan fingerprint density at radius 3 is 1.67 bits per heavy atom. The van der Waals surface area contributed by atoms with Crippen LogP contribution in [0.1, 0.15) is 89.5 Å². The lowest BCUT2D eigenvalue weighted by molar-refractivity contribution is -0.133. The van der Waals surface area contributed by atoms with Gasteiger partial charge in [-0.25, -0.2) is 4.79 Å². The first-order chi connectivity index (χ1) is 12.9. The summed E-state index contributed by atoms with van der Waals surface area (Å²) in [5.41, 5.74) is 1.23. The van der Waals surface area contributed by atoms with Crippen LogP contribution >= 0.6 is 34.8 Å². The van der Waals surface area contributed by atoms with Crippen molar-refractivity contribution in [2.75, 3.05) is 0 Å². The van der Waals surface area contributed by atoms with Gasteiger partial charge in [0, 0.05) is 0 Å². The average Bonchev–Trinajstić information content (AvgIpc) is 2.63. The molecule has 0 aliphatic carbocycles. The number of esters is 1. The zero-order chi connectivity index (χ0) is 20.0. The molecule has 0 saturated heterocycles. The van der Waals surface area contributed by atoms with Crippen molar-refractivity contribution in [2.45, 2.75) is 94.2 Å². The summed E-state index contributed by atoms with van der Waals surface area (Å²) < 4.78 is 2.97. The van der Waals surface area contributed by atoms with E-state index in [-0.39, 0.29) is 0 Å². The number of hydrogen-bond acceptors (Lipinski definition) is 2. The highest BCUT2D eigenvalue weighted by molar-refractivity contribution is 6.75. The van der Waals surface area contributed by atoms with Gasteiger partial charge in [0.25, 0.3) is 3.79 Å². The Morgan fingerprint density at radius 2 is 1.22 bits per heavy atom. The molecule has 1 aromatic rings. The lowest BCUT2D eigenvalue weighted by atomic mass is 10.0. The Kier molecular flexibility index (Phi) is 13.2. The van der Waals surface area contributed by atoms with E-state index in [0.29, 0.717) is 5.75 Å². The van der Waals surface area contributed by atoms with Gasteiger partial charge in [-0.3, -0.25) is 0 Å². The maximum Gasteiger partial charge on any atom is 0.363 e. The number of hydrogen-bond donors (Lipinski definition) is 0. The molecule has 0 bridgehead atoms. The first-order valence-corrected chi connectivity index (χ1v) is 11.4. The first-order valence-electron chi connectivity index (χ1n) is 10.3. The van der Waals surface area contributed by atoms with E-state index in [1.165, 1.54) is 82.6 Å². The van der Waals surface area contributed by atoms with E-state index >= 15 is 0 Å². The largest absolute Gasteiger partial charge is 0.423 e. The predicted molar refractivity (Wildman–Crippen MR) is 117 cm³/mol. The molecule has 1 rings (SSSR count). The molecule has 0 heterocycles. The Hall–Kier alpha value is -0.440. The van der Waals surface area contributed by atoms with Crippen LogP contribution in [-0.4, -0.2) is 9.76 Å². The second-order valence-electron chi connectivity index (χ2n) is 7.17. The minimum Gasteiger partial charge on any atom is -0.423 e. The number of halogens is 3. The predicted octanol–water partition coefficient (Wildman–Crippen LogP) is 8.21. The van der Waals surface area contributed by atoms with Gasteiger partial charge in [0.05, 0.1) is 0 Å². The highest BCUT2D eigenvalue weighted by atomic mass is 35.6. The minimum absolute atomic E-state index is 0.393. The van der Waals surface area contributed by atoms with E-state index in [4.69, 9.17) is 39.5 Å². The molecule has 0 saturated carbocycles. The fraction of sp³-hybridized carbons (Fsp3) is 0.682. The standard InChI is InChI=1S/C22H33Cl3O2/c1-2-3-4-5-6-7-8-9-10-11-12-13-14-19-15-17-20(18-16-19)27-21(26)22(23,24)25/h15-18H,2-14H2,1H3. The number of aryl methyl sites for hydroxylation is 1. The quantitative estimate of drug-likeness (QED) is 0.127. The van der Waals surface area contributed by atoms with Crippen molar-refractivity contribution in [1.29, 1.82) is 0 Å². The molecule has 2 nitrogen and oxygen atoms in total. The molecule has 154 valence electrons. The number of rotatable bonds is 14. The van der Waals surface area contributed by atoms with E-state index in [0.717, 1.165) is 6.42 Å². The summed E-state index contributed by atoms with van der Waals surface area (Å²) in [6.45, 7) is 2.26. The Bertz CT molecular complexity index is 509. The molecular weight excluding hydrogens is 403 g/mol. The molecule has 0 fully saturated rings. The van der Waals surface area contributed by atoms with Crippen LogP contribution in [0.5, 0.6) is 5.75 Å². The lowest BCUT2D eigenvalue weighted by Crippen LogP contribution is -2.24. The van der Waals surface area contributed by atoms with Gasteiger partial charge in [-0.2, -0.15) is 0 Å². The zero-order valence-electron chi connectivity index (χ0n) is 16.5. The number of alkyl halides is 3. The van der Waals surface area contributed by atoms with Crippen molar-refractivity contribution in [3.05, 3.63) is 29.8 Å². The fourth-order valence-electron chi connectivity index (χ4n) is 3.06. The number of unbranched alkanes of at least 4 members (excludes halogenated alkanes) is 11. The Labute approximate surface area is 179 Å². The maximum absolute atomic E-state index is 11.5. The Balaban J connectivity index is 2.03. The molecule has 0 unspecified atom stereocenters. The molecule has 0 aromatic heterocycles. The fourth-order valence-corrected chi connectivity index (χ4v) is 3.17. The van der Waals surface area contributed by atoms with Gasteiger partial charge in [0.1, 0.15) is 5.75 Å². The SMILES string of the molecule is CCCCCCCCCCCCCCc1ccc(OC(=O)C(Cl)(Cl)Cl)cc1. The van der Waals surface area contributed by atoms with Crippen molar-refractivity contribution >= 4 is 40.8 Å². The average molecular weight is 436 g/mol. The van der Waals surface area contributed by atoms with Crippen molar-refractivity contribution < 1.29 is 9.53 Å². The van der Waals surface area contributed by atoms with E-state index in [9.17, 15) is 4.79 Å². The van der Waals surface area contributed by atoms with Gasteiger partial charge in [0.2, 0.25) is 0 Å². The zero-order valence-corrected chi connectivity index (χ0v) is 18.7. The topological polar surface area (TPSA) is 26.3 Å². The molecule has 0 aliphatic heterocycles. The minimum atomic E-state index is -2.05. The number of carbonyl (C=O) groups is 1. The van der Waals surface area contributed by atoms with Crippen LogP contribution in [0, 0.1) is 0 Å².